The van der Waals surface area contributed by atoms with Crippen LogP contribution in [0.1, 0.15) is 6.42 Å². The molecule has 20 heavy (non-hydrogen) atoms. The summed E-state index contributed by atoms with van der Waals surface area (Å²) in [6, 6.07) is 0. The SMILES string of the molecule is CNCCN(CCNC)CCNCCC(=O)NCCS. The normalized spacial score (nSPS) is 11.0. The largest absolute Gasteiger partial charge is 0.355 e. The Morgan fingerprint density at radius 2 is 1.55 bits per heavy atom. The molecule has 7 heteroatoms. The van der Waals surface area contributed by atoms with Crippen molar-refractivity contribution < 1.29 is 4.79 Å². The summed E-state index contributed by atoms with van der Waals surface area (Å²) in [7, 11) is 3.94. The molecule has 6 nitrogen and oxygen atoms in total. The van der Waals surface area contributed by atoms with E-state index in [9.17, 15) is 4.79 Å². The average molecular weight is 305 g/mol. The molecule has 0 atom stereocenters. The Morgan fingerprint density at radius 3 is 2.10 bits per heavy atom. The minimum absolute atomic E-state index is 0.0915. The van der Waals surface area contributed by atoms with E-state index in [1.807, 2.05) is 14.1 Å². The van der Waals surface area contributed by atoms with Gasteiger partial charge in [-0.1, -0.05) is 0 Å². The molecule has 120 valence electrons. The van der Waals surface area contributed by atoms with Crippen molar-refractivity contribution in [3.05, 3.63) is 0 Å². The molecule has 0 heterocycles. The van der Waals surface area contributed by atoms with Crippen molar-refractivity contribution in [3.8, 4) is 0 Å². The number of carbonyl (C=O) groups is 1. The third-order valence-electron chi connectivity index (χ3n) is 2.92. The second-order valence-corrected chi connectivity index (χ2v) is 5.07. The third kappa shape index (κ3) is 12.7. The van der Waals surface area contributed by atoms with Crippen LogP contribution in [-0.2, 0) is 4.79 Å². The topological polar surface area (TPSA) is 68.4 Å². The van der Waals surface area contributed by atoms with Gasteiger partial charge in [-0.15, -0.1) is 0 Å². The molecule has 0 aromatic carbocycles. The molecule has 0 aliphatic heterocycles. The number of likely N-dealkylation sites (N-methyl/N-ethyl adjacent to an activating group) is 2. The van der Waals surface area contributed by atoms with Gasteiger partial charge < -0.3 is 21.3 Å². The minimum atomic E-state index is 0.0915. The van der Waals surface area contributed by atoms with Gasteiger partial charge in [0, 0.05) is 64.5 Å². The summed E-state index contributed by atoms with van der Waals surface area (Å²) in [5, 5.41) is 12.5. The van der Waals surface area contributed by atoms with Crippen LogP contribution in [0.25, 0.3) is 0 Å². The van der Waals surface area contributed by atoms with Crippen molar-refractivity contribution in [2.24, 2.45) is 0 Å². The molecule has 0 fully saturated rings. The Labute approximate surface area is 128 Å². The molecule has 0 spiro atoms. The molecule has 0 aromatic heterocycles. The van der Waals surface area contributed by atoms with E-state index in [0.29, 0.717) is 18.7 Å². The van der Waals surface area contributed by atoms with E-state index in [-0.39, 0.29) is 5.91 Å². The summed E-state index contributed by atoms with van der Waals surface area (Å²) in [4.78, 5) is 13.8. The van der Waals surface area contributed by atoms with E-state index in [1.165, 1.54) is 0 Å². The zero-order valence-corrected chi connectivity index (χ0v) is 13.8. The fourth-order valence-corrected chi connectivity index (χ4v) is 1.83. The molecule has 0 radical (unpaired) electrons. The lowest BCUT2D eigenvalue weighted by molar-refractivity contribution is -0.120. The second kappa shape index (κ2) is 15.1. The minimum Gasteiger partial charge on any atom is -0.355 e. The zero-order chi connectivity index (χ0) is 15.1. The lowest BCUT2D eigenvalue weighted by Gasteiger charge is -2.22. The highest BCUT2D eigenvalue weighted by molar-refractivity contribution is 7.80. The maximum atomic E-state index is 11.4. The van der Waals surface area contributed by atoms with Crippen molar-refractivity contribution in [2.75, 3.05) is 72.2 Å². The van der Waals surface area contributed by atoms with E-state index in [0.717, 1.165) is 45.8 Å². The Bertz CT molecular complexity index is 223. The molecule has 4 N–H and O–H groups in total. The van der Waals surface area contributed by atoms with Gasteiger partial charge in [-0.25, -0.2) is 0 Å². The molecular weight excluding hydrogens is 274 g/mol. The van der Waals surface area contributed by atoms with Gasteiger partial charge in [-0.05, 0) is 14.1 Å². The Hall–Kier alpha value is -0.340. The molecule has 0 aliphatic carbocycles. The maximum Gasteiger partial charge on any atom is 0.221 e. The summed E-state index contributed by atoms with van der Waals surface area (Å²) in [5.41, 5.74) is 0. The molecule has 0 aromatic rings. The smallest absolute Gasteiger partial charge is 0.221 e. The number of nitrogens with zero attached hydrogens (tertiary/aromatic N) is 1. The van der Waals surface area contributed by atoms with Crippen molar-refractivity contribution in [1.29, 1.82) is 0 Å². The summed E-state index contributed by atoms with van der Waals surface area (Å²) in [6.45, 7) is 7.36. The number of hydrogen-bond donors (Lipinski definition) is 5. The summed E-state index contributed by atoms with van der Waals surface area (Å²) in [6.07, 6.45) is 0.529. The molecule has 0 aliphatic rings. The van der Waals surface area contributed by atoms with Crippen LogP contribution < -0.4 is 21.3 Å². The van der Waals surface area contributed by atoms with Crippen LogP contribution in [0.4, 0.5) is 0 Å². The van der Waals surface area contributed by atoms with Crippen LogP contribution in [0.5, 0.6) is 0 Å². The number of rotatable bonds is 14. The average Bonchev–Trinajstić information content (AvgIpc) is 2.46. The first-order valence-electron chi connectivity index (χ1n) is 7.34. The van der Waals surface area contributed by atoms with Crippen molar-refractivity contribution in [1.82, 2.24) is 26.2 Å². The Morgan fingerprint density at radius 1 is 0.950 bits per heavy atom. The number of hydrogen-bond acceptors (Lipinski definition) is 6. The fourth-order valence-electron chi connectivity index (χ4n) is 1.72. The van der Waals surface area contributed by atoms with Crippen LogP contribution in [0.2, 0.25) is 0 Å². The molecule has 0 saturated carbocycles. The van der Waals surface area contributed by atoms with Gasteiger partial charge in [0.05, 0.1) is 0 Å². The van der Waals surface area contributed by atoms with E-state index >= 15 is 0 Å². The molecule has 0 unspecified atom stereocenters. The predicted octanol–water partition coefficient (Wildman–Crippen LogP) is -1.25. The van der Waals surface area contributed by atoms with E-state index in [2.05, 4.69) is 38.8 Å². The van der Waals surface area contributed by atoms with Crippen molar-refractivity contribution in [3.63, 3.8) is 0 Å². The predicted molar refractivity (Wildman–Crippen MR) is 88.6 cm³/mol. The highest BCUT2D eigenvalue weighted by Crippen LogP contribution is 1.86. The third-order valence-corrected chi connectivity index (χ3v) is 3.15. The number of nitrogens with one attached hydrogen (secondary N) is 4. The van der Waals surface area contributed by atoms with Gasteiger partial charge in [-0.2, -0.15) is 12.6 Å². The van der Waals surface area contributed by atoms with Crippen LogP contribution >= 0.6 is 12.6 Å². The van der Waals surface area contributed by atoms with E-state index < -0.39 is 0 Å². The summed E-state index contributed by atoms with van der Waals surface area (Å²) < 4.78 is 0. The Balaban J connectivity index is 3.58. The van der Waals surface area contributed by atoms with Crippen LogP contribution in [-0.4, -0.2) is 83.0 Å². The summed E-state index contributed by atoms with van der Waals surface area (Å²) >= 11 is 4.05. The van der Waals surface area contributed by atoms with Gasteiger partial charge in [0.2, 0.25) is 5.91 Å². The van der Waals surface area contributed by atoms with Crippen LogP contribution in [0.15, 0.2) is 0 Å². The monoisotopic (exact) mass is 305 g/mol. The van der Waals surface area contributed by atoms with Crippen LogP contribution in [0.3, 0.4) is 0 Å². The molecule has 0 bridgehead atoms. The number of carbonyl (C=O) groups excluding carboxylic acids is 1. The van der Waals surface area contributed by atoms with Crippen molar-refractivity contribution in [2.45, 2.75) is 6.42 Å². The highest BCUT2D eigenvalue weighted by Gasteiger charge is 2.04. The zero-order valence-electron chi connectivity index (χ0n) is 12.9. The molecule has 1 amide bonds. The molecule has 0 rings (SSSR count). The second-order valence-electron chi connectivity index (χ2n) is 4.62. The standard InChI is InChI=1S/C13H31N5OS/c1-14-5-9-18(10-6-15-2)11-7-16-4-3-13(19)17-8-12-20/h14-16,20H,3-12H2,1-2H3,(H,17,19). The molecular formula is C13H31N5OS. The van der Waals surface area contributed by atoms with Gasteiger partial charge >= 0.3 is 0 Å². The maximum absolute atomic E-state index is 11.4. The summed E-state index contributed by atoms with van der Waals surface area (Å²) in [5.74, 6) is 0.777. The first-order chi connectivity index (χ1) is 9.74. The van der Waals surface area contributed by atoms with Gasteiger partial charge in [0.25, 0.3) is 0 Å². The molecule has 0 saturated heterocycles. The van der Waals surface area contributed by atoms with Gasteiger partial charge in [0.1, 0.15) is 0 Å². The fraction of sp³-hybridized carbons (Fsp3) is 0.923. The van der Waals surface area contributed by atoms with E-state index in [1.54, 1.807) is 0 Å². The van der Waals surface area contributed by atoms with Gasteiger partial charge in [-0.3, -0.25) is 9.69 Å². The Kier molecular flexibility index (Phi) is 14.8. The lowest BCUT2D eigenvalue weighted by atomic mass is 10.3. The van der Waals surface area contributed by atoms with Crippen molar-refractivity contribution >= 4 is 18.5 Å². The number of thiol groups is 1. The quantitative estimate of drug-likeness (QED) is 0.205. The lowest BCUT2D eigenvalue weighted by Crippen LogP contribution is -2.40. The highest BCUT2D eigenvalue weighted by atomic mass is 32.1. The van der Waals surface area contributed by atoms with Crippen LogP contribution in [0, 0.1) is 0 Å². The van der Waals surface area contributed by atoms with Gasteiger partial charge in [0.15, 0.2) is 0 Å². The first-order valence-corrected chi connectivity index (χ1v) is 7.97. The number of amides is 1. The van der Waals surface area contributed by atoms with E-state index in [4.69, 9.17) is 0 Å². The first kappa shape index (κ1) is 19.7.